The zero-order valence-corrected chi connectivity index (χ0v) is 19.1. The van der Waals surface area contributed by atoms with Gasteiger partial charge in [-0.2, -0.15) is 0 Å². The molecule has 33 heavy (non-hydrogen) atoms. The molecule has 1 atom stereocenters. The fourth-order valence-corrected chi connectivity index (χ4v) is 3.83. The molecule has 0 heterocycles. The third-order valence-corrected chi connectivity index (χ3v) is 5.92. The molecule has 0 N–H and O–H groups in total. The quantitative estimate of drug-likeness (QED) is 0.418. The highest BCUT2D eigenvalue weighted by Crippen LogP contribution is 2.23. The van der Waals surface area contributed by atoms with Crippen LogP contribution in [0.1, 0.15) is 66.7 Å². The molecule has 1 aliphatic rings. The van der Waals surface area contributed by atoms with E-state index in [0.29, 0.717) is 39.3 Å². The Morgan fingerprint density at radius 3 is 1.45 bits per heavy atom. The predicted octanol–water partition coefficient (Wildman–Crippen LogP) is 6.47. The lowest BCUT2D eigenvalue weighted by Gasteiger charge is -2.13. The summed E-state index contributed by atoms with van der Waals surface area (Å²) in [7, 11) is 0. The minimum Gasteiger partial charge on any atom is -0.289 e. The van der Waals surface area contributed by atoms with Crippen LogP contribution >= 0.6 is 0 Å². The number of hydrogen-bond acceptors (Lipinski definition) is 3. The number of benzene rings is 3. The Bertz CT molecular complexity index is 1210. The number of carbonyl (C=O) groups is 3. The molecular weight excluding hydrogens is 408 g/mol. The van der Waals surface area contributed by atoms with Crippen LogP contribution in [0.15, 0.2) is 90.5 Å². The fourth-order valence-electron chi connectivity index (χ4n) is 3.83. The summed E-state index contributed by atoms with van der Waals surface area (Å²) in [5.74, 6) is -0.238. The maximum Gasteiger partial charge on any atom is 0.193 e. The molecule has 3 heteroatoms. The van der Waals surface area contributed by atoms with Crippen LogP contribution in [0, 0.1) is 19.8 Å². The molecule has 1 aliphatic carbocycles. The SMILES string of the molecule is Cc1ccc(C(=O)c2cc(C(=O)C3=CCC(C)C=C3)cc(C(=O)c3ccc(C)cc3)c2)cc1. The van der Waals surface area contributed by atoms with Crippen molar-refractivity contribution in [3.8, 4) is 0 Å². The lowest BCUT2D eigenvalue weighted by molar-refractivity contribution is 0.103. The van der Waals surface area contributed by atoms with Crippen LogP contribution in [0.5, 0.6) is 0 Å². The van der Waals surface area contributed by atoms with Gasteiger partial charge in [-0.1, -0.05) is 84.8 Å². The third kappa shape index (κ3) is 4.98. The molecule has 0 spiro atoms. The lowest BCUT2D eigenvalue weighted by Crippen LogP contribution is -2.12. The van der Waals surface area contributed by atoms with Crippen molar-refractivity contribution in [1.29, 1.82) is 0 Å². The average molecular weight is 435 g/mol. The van der Waals surface area contributed by atoms with E-state index in [-0.39, 0.29) is 17.3 Å². The van der Waals surface area contributed by atoms with Crippen molar-refractivity contribution < 1.29 is 14.4 Å². The van der Waals surface area contributed by atoms with Crippen molar-refractivity contribution in [1.82, 2.24) is 0 Å². The zero-order valence-electron chi connectivity index (χ0n) is 19.1. The maximum atomic E-state index is 13.3. The Kier molecular flexibility index (Phi) is 6.32. The number of hydrogen-bond donors (Lipinski definition) is 0. The molecule has 0 saturated heterocycles. The standard InChI is InChI=1S/C30H26O3/c1-19-4-10-22(11-5-19)28(31)25-16-26(29(32)23-12-6-20(2)7-13-23)18-27(17-25)30(33)24-14-8-21(3)9-15-24/h4-8,10-18,21H,9H2,1-3H3. The average Bonchev–Trinajstić information content (AvgIpc) is 2.84. The van der Waals surface area contributed by atoms with Gasteiger partial charge in [-0.25, -0.2) is 0 Å². The molecule has 1 unspecified atom stereocenters. The van der Waals surface area contributed by atoms with Crippen molar-refractivity contribution in [2.75, 3.05) is 0 Å². The summed E-state index contributed by atoms with van der Waals surface area (Å²) in [5.41, 5.74) is 4.72. The summed E-state index contributed by atoms with van der Waals surface area (Å²) in [6.45, 7) is 6.00. The van der Waals surface area contributed by atoms with Gasteiger partial charge in [-0.05, 0) is 44.4 Å². The summed E-state index contributed by atoms with van der Waals surface area (Å²) < 4.78 is 0. The highest BCUT2D eigenvalue weighted by Gasteiger charge is 2.20. The van der Waals surface area contributed by atoms with Crippen molar-refractivity contribution in [2.24, 2.45) is 5.92 Å². The minimum absolute atomic E-state index is 0.185. The van der Waals surface area contributed by atoms with Gasteiger partial charge < -0.3 is 0 Å². The van der Waals surface area contributed by atoms with E-state index in [1.54, 1.807) is 42.5 Å². The van der Waals surface area contributed by atoms with E-state index in [1.807, 2.05) is 56.3 Å². The van der Waals surface area contributed by atoms with E-state index in [4.69, 9.17) is 0 Å². The highest BCUT2D eigenvalue weighted by atomic mass is 16.1. The number of allylic oxidation sites excluding steroid dienone is 4. The molecule has 4 rings (SSSR count). The van der Waals surface area contributed by atoms with E-state index < -0.39 is 0 Å². The van der Waals surface area contributed by atoms with E-state index in [1.165, 1.54) is 0 Å². The van der Waals surface area contributed by atoms with Gasteiger partial charge in [0.1, 0.15) is 0 Å². The number of ketones is 3. The van der Waals surface area contributed by atoms with E-state index in [0.717, 1.165) is 17.5 Å². The molecule has 0 amide bonds. The Labute approximate surface area is 194 Å². The Balaban J connectivity index is 1.78. The van der Waals surface area contributed by atoms with Crippen LogP contribution in [0.4, 0.5) is 0 Å². The maximum absolute atomic E-state index is 13.3. The molecular formula is C30H26O3. The van der Waals surface area contributed by atoms with Crippen LogP contribution in [0.25, 0.3) is 0 Å². The Morgan fingerprint density at radius 2 is 1.06 bits per heavy atom. The van der Waals surface area contributed by atoms with Gasteiger partial charge in [-0.3, -0.25) is 14.4 Å². The molecule has 3 nitrogen and oxygen atoms in total. The van der Waals surface area contributed by atoms with Gasteiger partial charge in [-0.15, -0.1) is 0 Å². The molecule has 0 aliphatic heterocycles. The Morgan fingerprint density at radius 1 is 0.636 bits per heavy atom. The van der Waals surface area contributed by atoms with Crippen molar-refractivity contribution in [3.63, 3.8) is 0 Å². The molecule has 0 aromatic heterocycles. The van der Waals surface area contributed by atoms with Crippen LogP contribution in [0.2, 0.25) is 0 Å². The summed E-state index contributed by atoms with van der Waals surface area (Å²) in [4.78, 5) is 39.8. The molecule has 3 aromatic rings. The second-order valence-corrected chi connectivity index (χ2v) is 8.75. The zero-order chi connectivity index (χ0) is 23.5. The molecule has 0 bridgehead atoms. The van der Waals surface area contributed by atoms with E-state index >= 15 is 0 Å². The normalized spacial score (nSPS) is 15.1. The Hall–Kier alpha value is -3.85. The van der Waals surface area contributed by atoms with Crippen molar-refractivity contribution in [3.05, 3.63) is 129 Å². The van der Waals surface area contributed by atoms with Crippen LogP contribution < -0.4 is 0 Å². The first-order valence-electron chi connectivity index (χ1n) is 11.1. The van der Waals surface area contributed by atoms with Crippen LogP contribution in [0.3, 0.4) is 0 Å². The molecule has 0 radical (unpaired) electrons. The van der Waals surface area contributed by atoms with Gasteiger partial charge in [0.05, 0.1) is 0 Å². The first kappa shape index (κ1) is 22.3. The van der Waals surface area contributed by atoms with Gasteiger partial charge in [0.25, 0.3) is 0 Å². The summed E-state index contributed by atoms with van der Waals surface area (Å²) in [5, 5.41) is 0. The molecule has 0 saturated carbocycles. The van der Waals surface area contributed by atoms with E-state index in [9.17, 15) is 14.4 Å². The molecule has 164 valence electrons. The first-order valence-corrected chi connectivity index (χ1v) is 11.1. The van der Waals surface area contributed by atoms with Crippen LogP contribution in [-0.4, -0.2) is 17.3 Å². The van der Waals surface area contributed by atoms with E-state index in [2.05, 4.69) is 6.92 Å². The van der Waals surface area contributed by atoms with Gasteiger partial charge in [0.2, 0.25) is 0 Å². The monoisotopic (exact) mass is 434 g/mol. The lowest BCUT2D eigenvalue weighted by atomic mass is 9.89. The third-order valence-electron chi connectivity index (χ3n) is 5.92. The highest BCUT2D eigenvalue weighted by molar-refractivity contribution is 6.17. The number of Topliss-reactive ketones (excluding diaryl/α,β-unsaturated/α-hetero) is 1. The smallest absolute Gasteiger partial charge is 0.193 e. The fraction of sp³-hybridized carbons (Fsp3) is 0.167. The molecule has 3 aromatic carbocycles. The van der Waals surface area contributed by atoms with Crippen molar-refractivity contribution in [2.45, 2.75) is 27.2 Å². The van der Waals surface area contributed by atoms with Gasteiger partial charge in [0, 0.05) is 33.4 Å². The number of rotatable bonds is 6. The van der Waals surface area contributed by atoms with Gasteiger partial charge in [0.15, 0.2) is 17.3 Å². The molecule has 0 fully saturated rings. The summed E-state index contributed by atoms with van der Waals surface area (Å²) in [6.07, 6.45) is 6.54. The summed E-state index contributed by atoms with van der Waals surface area (Å²) >= 11 is 0. The number of carbonyl (C=O) groups excluding carboxylic acids is 3. The predicted molar refractivity (Wildman–Crippen MR) is 131 cm³/mol. The second kappa shape index (κ2) is 9.33. The van der Waals surface area contributed by atoms with Gasteiger partial charge >= 0.3 is 0 Å². The largest absolute Gasteiger partial charge is 0.289 e. The van der Waals surface area contributed by atoms with Crippen molar-refractivity contribution >= 4 is 17.3 Å². The second-order valence-electron chi connectivity index (χ2n) is 8.75. The first-order chi connectivity index (χ1) is 15.8. The topological polar surface area (TPSA) is 51.2 Å². The minimum atomic E-state index is -0.218. The number of aryl methyl sites for hydroxylation is 2. The summed E-state index contributed by atoms with van der Waals surface area (Å²) in [6, 6.07) is 19.4. The van der Waals surface area contributed by atoms with Crippen LogP contribution in [-0.2, 0) is 0 Å².